The van der Waals surface area contributed by atoms with Crippen molar-refractivity contribution in [3.8, 4) is 0 Å². The lowest BCUT2D eigenvalue weighted by Crippen LogP contribution is -2.57. The highest BCUT2D eigenvalue weighted by molar-refractivity contribution is 5.94. The van der Waals surface area contributed by atoms with Gasteiger partial charge in [-0.3, -0.25) is 9.59 Å². The zero-order chi connectivity index (χ0) is 14.0. The molecule has 1 heterocycles. The summed E-state index contributed by atoms with van der Waals surface area (Å²) >= 11 is 0. The Hall–Kier alpha value is -1.98. The molecule has 1 aromatic carbocycles. The van der Waals surface area contributed by atoms with Gasteiger partial charge in [0.1, 0.15) is 6.04 Å². The fourth-order valence-corrected chi connectivity index (χ4v) is 2.04. The fraction of sp³-hybridized carbons (Fsp3) is 0.385. The maximum atomic E-state index is 13.1. The minimum atomic E-state index is -0.960. The van der Waals surface area contributed by atoms with Crippen molar-refractivity contribution in [3.63, 3.8) is 0 Å². The van der Waals surface area contributed by atoms with Gasteiger partial charge in [-0.15, -0.1) is 0 Å². The van der Waals surface area contributed by atoms with Gasteiger partial charge in [0.05, 0.1) is 6.54 Å². The van der Waals surface area contributed by atoms with Crippen molar-refractivity contribution in [2.45, 2.75) is 25.9 Å². The van der Waals surface area contributed by atoms with Crippen LogP contribution in [0.4, 0.5) is 8.78 Å². The summed E-state index contributed by atoms with van der Waals surface area (Å²) in [6.45, 7) is 1.83. The van der Waals surface area contributed by atoms with E-state index in [0.29, 0.717) is 12.0 Å². The maximum Gasteiger partial charge on any atom is 0.245 e. The number of hydrogen-bond donors (Lipinski definition) is 1. The quantitative estimate of drug-likeness (QED) is 0.895. The van der Waals surface area contributed by atoms with Crippen molar-refractivity contribution in [1.29, 1.82) is 0 Å². The summed E-state index contributed by atoms with van der Waals surface area (Å²) in [6.07, 6.45) is 0.499. The first-order valence-corrected chi connectivity index (χ1v) is 6.03. The summed E-state index contributed by atoms with van der Waals surface area (Å²) in [6, 6.07) is 2.91. The van der Waals surface area contributed by atoms with Crippen LogP contribution in [-0.2, 0) is 16.1 Å². The molecule has 6 heteroatoms. The van der Waals surface area contributed by atoms with Crippen molar-refractivity contribution >= 4 is 11.8 Å². The Morgan fingerprint density at radius 3 is 2.68 bits per heavy atom. The van der Waals surface area contributed by atoms with E-state index in [-0.39, 0.29) is 24.9 Å². The first-order valence-electron chi connectivity index (χ1n) is 6.03. The predicted molar refractivity (Wildman–Crippen MR) is 64.0 cm³/mol. The Morgan fingerprint density at radius 1 is 1.32 bits per heavy atom. The number of carbonyl (C=O) groups excluding carboxylic acids is 2. The van der Waals surface area contributed by atoms with Crippen LogP contribution in [0.1, 0.15) is 18.9 Å². The summed E-state index contributed by atoms with van der Waals surface area (Å²) < 4.78 is 25.9. The lowest BCUT2D eigenvalue weighted by Gasteiger charge is -2.32. The Kier molecular flexibility index (Phi) is 3.78. The number of nitrogens with zero attached hydrogens (tertiary/aromatic N) is 1. The lowest BCUT2D eigenvalue weighted by molar-refractivity contribution is -0.144. The van der Waals surface area contributed by atoms with Gasteiger partial charge in [0, 0.05) is 6.54 Å². The third-order valence-corrected chi connectivity index (χ3v) is 3.05. The van der Waals surface area contributed by atoms with Crippen LogP contribution in [0.5, 0.6) is 0 Å². The molecule has 0 aliphatic carbocycles. The van der Waals surface area contributed by atoms with Crippen LogP contribution in [-0.4, -0.2) is 29.3 Å². The van der Waals surface area contributed by atoms with Gasteiger partial charge >= 0.3 is 0 Å². The van der Waals surface area contributed by atoms with E-state index in [1.54, 1.807) is 6.92 Å². The average molecular weight is 268 g/mol. The molecule has 19 heavy (non-hydrogen) atoms. The van der Waals surface area contributed by atoms with Crippen LogP contribution < -0.4 is 5.32 Å². The molecule has 0 radical (unpaired) electrons. The normalized spacial score (nSPS) is 19.5. The van der Waals surface area contributed by atoms with E-state index in [4.69, 9.17) is 0 Å². The maximum absolute atomic E-state index is 13.1. The van der Waals surface area contributed by atoms with Crippen LogP contribution >= 0.6 is 0 Å². The molecule has 2 amide bonds. The third kappa shape index (κ3) is 2.89. The molecule has 1 unspecified atom stereocenters. The van der Waals surface area contributed by atoms with Crippen molar-refractivity contribution in [1.82, 2.24) is 10.2 Å². The van der Waals surface area contributed by atoms with Crippen molar-refractivity contribution < 1.29 is 18.4 Å². The highest BCUT2D eigenvalue weighted by Crippen LogP contribution is 2.14. The first kappa shape index (κ1) is 13.5. The Bertz CT molecular complexity index is 519. The number of carbonyl (C=O) groups is 2. The van der Waals surface area contributed by atoms with Gasteiger partial charge in [0.2, 0.25) is 11.8 Å². The largest absolute Gasteiger partial charge is 0.343 e. The topological polar surface area (TPSA) is 49.4 Å². The summed E-state index contributed by atoms with van der Waals surface area (Å²) in [5.41, 5.74) is 0.455. The van der Waals surface area contributed by atoms with Crippen LogP contribution in [0.2, 0.25) is 0 Å². The highest BCUT2D eigenvalue weighted by Gasteiger charge is 2.31. The van der Waals surface area contributed by atoms with Gasteiger partial charge in [0.25, 0.3) is 0 Å². The summed E-state index contributed by atoms with van der Waals surface area (Å²) in [5.74, 6) is -2.34. The lowest BCUT2D eigenvalue weighted by atomic mass is 10.1. The molecule has 1 fully saturated rings. The van der Waals surface area contributed by atoms with E-state index in [1.807, 2.05) is 0 Å². The monoisotopic (exact) mass is 268 g/mol. The van der Waals surface area contributed by atoms with Crippen LogP contribution in [0, 0.1) is 11.6 Å². The number of benzene rings is 1. The molecule has 2 rings (SSSR count). The summed E-state index contributed by atoms with van der Waals surface area (Å²) in [7, 11) is 0. The fourth-order valence-electron chi connectivity index (χ4n) is 2.04. The van der Waals surface area contributed by atoms with E-state index >= 15 is 0 Å². The Balaban J connectivity index is 2.14. The third-order valence-electron chi connectivity index (χ3n) is 3.05. The first-order chi connectivity index (χ1) is 9.01. The van der Waals surface area contributed by atoms with Crippen LogP contribution in [0.25, 0.3) is 0 Å². The second-order valence-electron chi connectivity index (χ2n) is 4.47. The second-order valence-corrected chi connectivity index (χ2v) is 4.47. The van der Waals surface area contributed by atoms with E-state index in [9.17, 15) is 18.4 Å². The standard InChI is InChI=1S/C13H14F2N2O2/c1-2-11-13(19)17(7-12(18)16-11)6-8-3-4-9(14)10(15)5-8/h3-5,11H,2,6-7H2,1H3,(H,16,18). The number of nitrogens with one attached hydrogen (secondary N) is 1. The molecule has 1 atom stereocenters. The minimum Gasteiger partial charge on any atom is -0.343 e. The molecule has 1 N–H and O–H groups in total. The van der Waals surface area contributed by atoms with Crippen molar-refractivity contribution in [3.05, 3.63) is 35.4 Å². The Labute approximate surface area is 109 Å². The predicted octanol–water partition coefficient (Wildman–Crippen LogP) is 1.20. The molecule has 1 aliphatic rings. The highest BCUT2D eigenvalue weighted by atomic mass is 19.2. The number of halogens is 2. The van der Waals surface area contributed by atoms with E-state index < -0.39 is 17.7 Å². The molecule has 0 aromatic heterocycles. The van der Waals surface area contributed by atoms with E-state index in [1.165, 1.54) is 11.0 Å². The van der Waals surface area contributed by atoms with Crippen molar-refractivity contribution in [2.75, 3.05) is 6.54 Å². The molecule has 1 saturated heterocycles. The summed E-state index contributed by atoms with van der Waals surface area (Å²) in [4.78, 5) is 24.8. The van der Waals surface area contributed by atoms with E-state index in [2.05, 4.69) is 5.32 Å². The molecule has 1 aromatic rings. The summed E-state index contributed by atoms with van der Waals surface area (Å²) in [5, 5.41) is 2.59. The zero-order valence-electron chi connectivity index (χ0n) is 10.5. The smallest absolute Gasteiger partial charge is 0.245 e. The number of rotatable bonds is 3. The van der Waals surface area contributed by atoms with Crippen LogP contribution in [0.3, 0.4) is 0 Å². The SMILES string of the molecule is CCC1NC(=O)CN(Cc2ccc(F)c(F)c2)C1=O. The van der Waals surface area contributed by atoms with Gasteiger partial charge in [-0.2, -0.15) is 0 Å². The van der Waals surface area contributed by atoms with Crippen LogP contribution in [0.15, 0.2) is 18.2 Å². The van der Waals surface area contributed by atoms with Gasteiger partial charge in [-0.1, -0.05) is 13.0 Å². The van der Waals surface area contributed by atoms with E-state index in [0.717, 1.165) is 12.1 Å². The molecular weight excluding hydrogens is 254 g/mol. The van der Waals surface area contributed by atoms with Gasteiger partial charge in [-0.25, -0.2) is 8.78 Å². The average Bonchev–Trinajstić information content (AvgIpc) is 2.37. The number of hydrogen-bond acceptors (Lipinski definition) is 2. The molecule has 102 valence electrons. The van der Waals surface area contributed by atoms with Gasteiger partial charge < -0.3 is 10.2 Å². The second kappa shape index (κ2) is 5.34. The number of piperazine rings is 1. The zero-order valence-corrected chi connectivity index (χ0v) is 10.5. The molecular formula is C13H14F2N2O2. The molecule has 0 saturated carbocycles. The molecule has 0 bridgehead atoms. The number of amides is 2. The molecule has 4 nitrogen and oxygen atoms in total. The van der Waals surface area contributed by atoms with Crippen molar-refractivity contribution in [2.24, 2.45) is 0 Å². The minimum absolute atomic E-state index is 0.0612. The molecule has 1 aliphatic heterocycles. The Morgan fingerprint density at radius 2 is 2.05 bits per heavy atom. The van der Waals surface area contributed by atoms with Gasteiger partial charge in [-0.05, 0) is 24.1 Å². The molecule has 0 spiro atoms. The van der Waals surface area contributed by atoms with Gasteiger partial charge in [0.15, 0.2) is 11.6 Å².